The minimum atomic E-state index is -0.392. The number of nitrogens with zero attached hydrogens (tertiary/aromatic N) is 3. The molecule has 4 rings (SSSR count). The van der Waals surface area contributed by atoms with Gasteiger partial charge in [0.15, 0.2) is 17.3 Å². The number of hydrogen-bond donors (Lipinski definition) is 2. The Kier molecular flexibility index (Phi) is 3.99. The zero-order valence-electron chi connectivity index (χ0n) is 13.1. The van der Waals surface area contributed by atoms with Gasteiger partial charge in [0.05, 0.1) is 11.9 Å². The standard InChI is InChI=1S/C17H14FN5O2/c18-12-3-1-2-4-13(12)21-17-22-16(10-19-23-17)20-11-5-6-14-15(9-11)25-8-7-24-14/h1-6,9-10H,7-8H2,(H2,20,21,22,23). The molecule has 25 heavy (non-hydrogen) atoms. The van der Waals surface area contributed by atoms with Crippen LogP contribution in [0, 0.1) is 5.82 Å². The van der Waals surface area contributed by atoms with E-state index in [1.54, 1.807) is 18.2 Å². The average molecular weight is 339 g/mol. The second-order valence-electron chi connectivity index (χ2n) is 5.25. The molecule has 0 bridgehead atoms. The van der Waals surface area contributed by atoms with Gasteiger partial charge in [0.1, 0.15) is 19.0 Å². The van der Waals surface area contributed by atoms with Gasteiger partial charge >= 0.3 is 0 Å². The van der Waals surface area contributed by atoms with Gasteiger partial charge in [-0.3, -0.25) is 0 Å². The van der Waals surface area contributed by atoms with E-state index in [0.717, 1.165) is 5.69 Å². The molecule has 0 saturated heterocycles. The third-order valence-corrected chi connectivity index (χ3v) is 3.49. The molecule has 7 nitrogen and oxygen atoms in total. The number of hydrogen-bond acceptors (Lipinski definition) is 7. The Labute approximate surface area is 142 Å². The van der Waals surface area contributed by atoms with Crippen molar-refractivity contribution in [3.05, 3.63) is 54.5 Å². The summed E-state index contributed by atoms with van der Waals surface area (Å²) in [5, 5.41) is 13.7. The SMILES string of the molecule is Fc1ccccc1Nc1nncc(Nc2ccc3c(c2)OCCO3)n1. The molecule has 1 aliphatic rings. The van der Waals surface area contributed by atoms with E-state index >= 15 is 0 Å². The van der Waals surface area contributed by atoms with Crippen LogP contribution in [0.4, 0.5) is 27.5 Å². The maximum atomic E-state index is 13.7. The minimum Gasteiger partial charge on any atom is -0.486 e. The number of anilines is 4. The van der Waals surface area contributed by atoms with Gasteiger partial charge in [-0.25, -0.2) is 4.39 Å². The third-order valence-electron chi connectivity index (χ3n) is 3.49. The zero-order chi connectivity index (χ0) is 17.1. The summed E-state index contributed by atoms with van der Waals surface area (Å²) in [6, 6.07) is 11.8. The first-order valence-electron chi connectivity index (χ1n) is 7.66. The van der Waals surface area contributed by atoms with Crippen molar-refractivity contribution in [1.29, 1.82) is 0 Å². The second-order valence-corrected chi connectivity index (χ2v) is 5.25. The molecule has 8 heteroatoms. The van der Waals surface area contributed by atoms with Crippen molar-refractivity contribution < 1.29 is 13.9 Å². The number of nitrogens with one attached hydrogen (secondary N) is 2. The van der Waals surface area contributed by atoms with Gasteiger partial charge in [0.2, 0.25) is 5.95 Å². The Hall–Kier alpha value is -3.42. The van der Waals surface area contributed by atoms with Crippen molar-refractivity contribution in [3.8, 4) is 11.5 Å². The molecule has 0 spiro atoms. The van der Waals surface area contributed by atoms with Crippen molar-refractivity contribution in [2.45, 2.75) is 0 Å². The highest BCUT2D eigenvalue weighted by Crippen LogP contribution is 2.33. The van der Waals surface area contributed by atoms with Gasteiger partial charge in [-0.15, -0.1) is 5.10 Å². The second kappa shape index (κ2) is 6.60. The first-order chi connectivity index (χ1) is 12.3. The molecule has 0 unspecified atom stereocenters. The fourth-order valence-corrected chi connectivity index (χ4v) is 2.37. The molecule has 0 aliphatic carbocycles. The summed E-state index contributed by atoms with van der Waals surface area (Å²) in [7, 11) is 0. The van der Waals surface area contributed by atoms with Crippen molar-refractivity contribution in [1.82, 2.24) is 15.2 Å². The van der Waals surface area contributed by atoms with Gasteiger partial charge in [-0.2, -0.15) is 10.1 Å². The lowest BCUT2D eigenvalue weighted by molar-refractivity contribution is 0.171. The molecule has 2 heterocycles. The molecule has 3 aromatic rings. The number of para-hydroxylation sites is 1. The summed E-state index contributed by atoms with van der Waals surface area (Å²) in [5.41, 5.74) is 1.04. The highest BCUT2D eigenvalue weighted by atomic mass is 19.1. The average Bonchev–Trinajstić information content (AvgIpc) is 2.64. The topological polar surface area (TPSA) is 81.2 Å². The van der Waals surface area contributed by atoms with Gasteiger partial charge in [-0.1, -0.05) is 12.1 Å². The van der Waals surface area contributed by atoms with E-state index < -0.39 is 5.82 Å². The molecule has 2 aromatic carbocycles. The largest absolute Gasteiger partial charge is 0.486 e. The van der Waals surface area contributed by atoms with Crippen LogP contribution in [0.2, 0.25) is 0 Å². The molecule has 0 saturated carbocycles. The lowest BCUT2D eigenvalue weighted by Gasteiger charge is -2.19. The van der Waals surface area contributed by atoms with Crippen molar-refractivity contribution in [2.75, 3.05) is 23.8 Å². The van der Waals surface area contributed by atoms with Gasteiger partial charge in [0.25, 0.3) is 0 Å². The number of rotatable bonds is 4. The number of halogens is 1. The predicted molar refractivity (Wildman–Crippen MR) is 90.2 cm³/mol. The maximum Gasteiger partial charge on any atom is 0.249 e. The lowest BCUT2D eigenvalue weighted by Crippen LogP contribution is -2.15. The van der Waals surface area contributed by atoms with E-state index in [-0.39, 0.29) is 11.6 Å². The van der Waals surface area contributed by atoms with Crippen LogP contribution < -0.4 is 20.1 Å². The van der Waals surface area contributed by atoms with Gasteiger partial charge in [-0.05, 0) is 24.3 Å². The van der Waals surface area contributed by atoms with Crippen LogP contribution in [0.3, 0.4) is 0 Å². The normalized spacial score (nSPS) is 12.5. The molecule has 0 amide bonds. The molecule has 1 aliphatic heterocycles. The summed E-state index contributed by atoms with van der Waals surface area (Å²) < 4.78 is 24.7. The Morgan fingerprint density at radius 1 is 0.960 bits per heavy atom. The summed E-state index contributed by atoms with van der Waals surface area (Å²) >= 11 is 0. The summed E-state index contributed by atoms with van der Waals surface area (Å²) in [4.78, 5) is 4.28. The van der Waals surface area contributed by atoms with E-state index in [1.165, 1.54) is 12.3 Å². The molecular formula is C17H14FN5O2. The maximum absolute atomic E-state index is 13.7. The van der Waals surface area contributed by atoms with Crippen LogP contribution in [0.5, 0.6) is 11.5 Å². The van der Waals surface area contributed by atoms with Crippen LogP contribution >= 0.6 is 0 Å². The number of benzene rings is 2. The Morgan fingerprint density at radius 3 is 2.68 bits per heavy atom. The summed E-state index contributed by atoms with van der Waals surface area (Å²) in [5.74, 6) is 1.64. The Bertz CT molecular complexity index is 906. The molecule has 1 aromatic heterocycles. The molecule has 126 valence electrons. The summed E-state index contributed by atoms with van der Waals surface area (Å²) in [6.45, 7) is 1.06. The fraction of sp³-hybridized carbons (Fsp3) is 0.118. The molecule has 0 atom stereocenters. The molecule has 2 N–H and O–H groups in total. The zero-order valence-corrected chi connectivity index (χ0v) is 13.1. The third kappa shape index (κ3) is 3.42. The number of fused-ring (bicyclic) bond motifs is 1. The van der Waals surface area contributed by atoms with Crippen LogP contribution in [0.15, 0.2) is 48.7 Å². The van der Waals surface area contributed by atoms with E-state index in [9.17, 15) is 4.39 Å². The minimum absolute atomic E-state index is 0.188. The van der Waals surface area contributed by atoms with Crippen molar-refractivity contribution >= 4 is 23.1 Å². The monoisotopic (exact) mass is 339 g/mol. The smallest absolute Gasteiger partial charge is 0.249 e. The lowest BCUT2D eigenvalue weighted by atomic mass is 10.2. The summed E-state index contributed by atoms with van der Waals surface area (Å²) in [6.07, 6.45) is 1.48. The van der Waals surface area contributed by atoms with E-state index in [1.807, 2.05) is 18.2 Å². The van der Waals surface area contributed by atoms with Crippen molar-refractivity contribution in [3.63, 3.8) is 0 Å². The van der Waals surface area contributed by atoms with E-state index in [4.69, 9.17) is 9.47 Å². The van der Waals surface area contributed by atoms with E-state index in [2.05, 4.69) is 25.8 Å². The van der Waals surface area contributed by atoms with Crippen LogP contribution in [0.1, 0.15) is 0 Å². The van der Waals surface area contributed by atoms with Gasteiger partial charge < -0.3 is 20.1 Å². The van der Waals surface area contributed by atoms with Crippen LogP contribution in [-0.4, -0.2) is 28.4 Å². The molecule has 0 fully saturated rings. The number of ether oxygens (including phenoxy) is 2. The quantitative estimate of drug-likeness (QED) is 0.755. The van der Waals surface area contributed by atoms with E-state index in [0.29, 0.717) is 30.5 Å². The first kappa shape index (κ1) is 15.1. The predicted octanol–water partition coefficient (Wildman–Crippen LogP) is 3.27. The first-order valence-corrected chi connectivity index (χ1v) is 7.66. The molecule has 0 radical (unpaired) electrons. The van der Waals surface area contributed by atoms with Crippen LogP contribution in [0.25, 0.3) is 0 Å². The number of aromatic nitrogens is 3. The Morgan fingerprint density at radius 2 is 1.80 bits per heavy atom. The highest BCUT2D eigenvalue weighted by molar-refractivity contribution is 5.62. The fourth-order valence-electron chi connectivity index (χ4n) is 2.37. The van der Waals surface area contributed by atoms with Crippen LogP contribution in [-0.2, 0) is 0 Å². The Balaban J connectivity index is 1.53. The highest BCUT2D eigenvalue weighted by Gasteiger charge is 2.12. The molecular weight excluding hydrogens is 325 g/mol. The van der Waals surface area contributed by atoms with Gasteiger partial charge in [0, 0.05) is 11.8 Å². The van der Waals surface area contributed by atoms with Crippen molar-refractivity contribution in [2.24, 2.45) is 0 Å².